The first-order valence-corrected chi connectivity index (χ1v) is 13.9. The minimum atomic E-state index is -0.525. The predicted molar refractivity (Wildman–Crippen MR) is 158 cm³/mol. The molecule has 1 aromatic heterocycles. The largest absolute Gasteiger partial charge is 0.497 e. The van der Waals surface area contributed by atoms with Crippen LogP contribution in [0.3, 0.4) is 0 Å². The third-order valence-electron chi connectivity index (χ3n) is 8.46. The molecule has 0 saturated carbocycles. The maximum Gasteiger partial charge on any atom is 0.338 e. The van der Waals surface area contributed by atoms with Gasteiger partial charge in [-0.05, 0) is 90.5 Å². The highest BCUT2D eigenvalue weighted by atomic mass is 16.5. The van der Waals surface area contributed by atoms with Crippen LogP contribution in [-0.2, 0) is 9.53 Å². The lowest BCUT2D eigenvalue weighted by Gasteiger charge is -2.51. The zero-order chi connectivity index (χ0) is 28.5. The summed E-state index contributed by atoms with van der Waals surface area (Å²) in [4.78, 5) is 32.4. The van der Waals surface area contributed by atoms with E-state index < -0.39 is 18.0 Å². The SMILES string of the molecule is C=CC(=O)Oc1ccc2cc(C(=O)OC(c3ccnc4ccc(OC)cc34)[C@@H]3CC4CCN3C[C@@H]4C=C)ccc2c1. The molecule has 41 heavy (non-hydrogen) atoms. The molecule has 5 atom stereocenters. The Bertz CT molecular complexity index is 1660. The number of hydrogen-bond acceptors (Lipinski definition) is 7. The molecular formula is C34H32N2O5. The molecule has 3 unspecified atom stereocenters. The molecule has 2 bridgehead atoms. The zero-order valence-electron chi connectivity index (χ0n) is 23.0. The Labute approximate surface area is 239 Å². The fraction of sp³-hybridized carbons (Fsp3) is 0.265. The molecule has 0 N–H and O–H groups in total. The fourth-order valence-electron chi connectivity index (χ4n) is 6.32. The number of methoxy groups -OCH3 is 1. The van der Waals surface area contributed by atoms with Crippen LogP contribution >= 0.6 is 0 Å². The molecule has 7 heteroatoms. The molecule has 3 saturated heterocycles. The third kappa shape index (κ3) is 5.21. The van der Waals surface area contributed by atoms with Crippen molar-refractivity contribution >= 4 is 33.6 Å². The quantitative estimate of drug-likeness (QED) is 0.111. The van der Waals surface area contributed by atoms with Gasteiger partial charge >= 0.3 is 11.9 Å². The molecular weight excluding hydrogens is 516 g/mol. The standard InChI is InChI=1S/C34H32N2O5/c1-4-21-20-36-15-13-24(21)18-31(36)33(28-12-14-35-30-11-10-26(39-3)19-29(28)30)41-34(38)25-7-6-23-17-27(40-32(37)5-2)9-8-22(23)16-25/h4-12,14,16-17,19,21,24,31,33H,1-2,13,15,18,20H2,3H3/t21-,24?,31-,33?/m0/s1. The Morgan fingerprint density at radius 2 is 1.83 bits per heavy atom. The molecule has 0 aliphatic carbocycles. The average Bonchev–Trinajstić information content (AvgIpc) is 3.02. The van der Waals surface area contributed by atoms with Crippen molar-refractivity contribution < 1.29 is 23.8 Å². The molecule has 4 aromatic rings. The molecule has 3 aromatic carbocycles. The van der Waals surface area contributed by atoms with E-state index in [0.717, 1.165) is 65.0 Å². The van der Waals surface area contributed by atoms with E-state index in [4.69, 9.17) is 14.2 Å². The summed E-state index contributed by atoms with van der Waals surface area (Å²) in [6, 6.07) is 18.4. The van der Waals surface area contributed by atoms with E-state index in [1.165, 1.54) is 0 Å². The van der Waals surface area contributed by atoms with Crippen LogP contribution < -0.4 is 9.47 Å². The Morgan fingerprint density at radius 1 is 1.02 bits per heavy atom. The Balaban J connectivity index is 1.35. The number of ether oxygens (including phenoxy) is 3. The summed E-state index contributed by atoms with van der Waals surface area (Å²) in [6.07, 6.45) is 6.51. The van der Waals surface area contributed by atoms with Gasteiger partial charge in [0.15, 0.2) is 0 Å². The average molecular weight is 549 g/mol. The van der Waals surface area contributed by atoms with E-state index >= 15 is 0 Å². The van der Waals surface area contributed by atoms with Crippen molar-refractivity contribution in [1.29, 1.82) is 0 Å². The van der Waals surface area contributed by atoms with Gasteiger partial charge in [-0.15, -0.1) is 6.58 Å². The highest BCUT2D eigenvalue weighted by Gasteiger charge is 2.44. The van der Waals surface area contributed by atoms with Gasteiger partial charge in [-0.2, -0.15) is 0 Å². The minimum Gasteiger partial charge on any atom is -0.497 e. The third-order valence-corrected chi connectivity index (χ3v) is 8.46. The van der Waals surface area contributed by atoms with Crippen molar-refractivity contribution in [2.45, 2.75) is 25.0 Å². The van der Waals surface area contributed by atoms with E-state index in [2.05, 4.69) is 29.1 Å². The van der Waals surface area contributed by atoms with Crippen molar-refractivity contribution in [3.05, 3.63) is 103 Å². The second kappa shape index (κ2) is 11.2. The van der Waals surface area contributed by atoms with Crippen LogP contribution in [0, 0.1) is 11.8 Å². The number of carbonyl (C=O) groups excluding carboxylic acids is 2. The molecule has 4 heterocycles. The number of aromatic nitrogens is 1. The van der Waals surface area contributed by atoms with Crippen LogP contribution in [0.15, 0.2) is 92.2 Å². The topological polar surface area (TPSA) is 78.0 Å². The molecule has 208 valence electrons. The Hall–Kier alpha value is -4.49. The van der Waals surface area contributed by atoms with E-state index in [0.29, 0.717) is 23.1 Å². The normalized spacial score (nSPS) is 22.2. The van der Waals surface area contributed by atoms with E-state index in [1.54, 1.807) is 31.5 Å². The minimum absolute atomic E-state index is 0.0354. The summed E-state index contributed by atoms with van der Waals surface area (Å²) in [5.41, 5.74) is 2.20. The second-order valence-corrected chi connectivity index (χ2v) is 10.7. The van der Waals surface area contributed by atoms with Gasteiger partial charge in [0.25, 0.3) is 0 Å². The number of piperidine rings is 3. The van der Waals surface area contributed by atoms with Crippen molar-refractivity contribution in [3.8, 4) is 11.5 Å². The molecule has 3 fully saturated rings. The molecule has 7 nitrogen and oxygen atoms in total. The smallest absolute Gasteiger partial charge is 0.338 e. The lowest BCUT2D eigenvalue weighted by Crippen LogP contribution is -2.55. The number of nitrogens with zero attached hydrogens (tertiary/aromatic N) is 2. The van der Waals surface area contributed by atoms with Gasteiger partial charge in [-0.25, -0.2) is 9.59 Å². The van der Waals surface area contributed by atoms with E-state index in [-0.39, 0.29) is 6.04 Å². The van der Waals surface area contributed by atoms with Gasteiger partial charge < -0.3 is 14.2 Å². The molecule has 7 rings (SSSR count). The van der Waals surface area contributed by atoms with Crippen LogP contribution in [0.25, 0.3) is 21.7 Å². The van der Waals surface area contributed by atoms with Gasteiger partial charge in [0.2, 0.25) is 0 Å². The number of benzene rings is 3. The Kier molecular flexibility index (Phi) is 7.28. The predicted octanol–water partition coefficient (Wildman–Crippen LogP) is 6.28. The molecule has 0 amide bonds. The van der Waals surface area contributed by atoms with Crippen molar-refractivity contribution in [1.82, 2.24) is 9.88 Å². The van der Waals surface area contributed by atoms with Crippen LogP contribution in [-0.4, -0.2) is 48.1 Å². The van der Waals surface area contributed by atoms with Gasteiger partial charge in [0.05, 0.1) is 24.2 Å². The number of hydrogen-bond donors (Lipinski definition) is 0. The molecule has 3 aliphatic rings. The number of esters is 2. The van der Waals surface area contributed by atoms with E-state index in [9.17, 15) is 9.59 Å². The number of fused-ring (bicyclic) bond motifs is 5. The summed E-state index contributed by atoms with van der Waals surface area (Å²) in [5, 5.41) is 2.58. The zero-order valence-corrected chi connectivity index (χ0v) is 23.0. The van der Waals surface area contributed by atoms with Gasteiger partial charge in [-0.3, -0.25) is 9.88 Å². The van der Waals surface area contributed by atoms with Gasteiger partial charge in [-0.1, -0.05) is 24.8 Å². The van der Waals surface area contributed by atoms with Crippen LogP contribution in [0.2, 0.25) is 0 Å². The first-order chi connectivity index (χ1) is 20.0. The summed E-state index contributed by atoms with van der Waals surface area (Å²) >= 11 is 0. The first kappa shape index (κ1) is 26.7. The van der Waals surface area contributed by atoms with Crippen molar-refractivity contribution in [2.24, 2.45) is 11.8 Å². The summed E-state index contributed by atoms with van der Waals surface area (Å²) in [5.74, 6) is 1.18. The number of pyridine rings is 1. The summed E-state index contributed by atoms with van der Waals surface area (Å²) in [7, 11) is 1.64. The van der Waals surface area contributed by atoms with E-state index in [1.807, 2.05) is 42.5 Å². The van der Waals surface area contributed by atoms with Crippen molar-refractivity contribution in [3.63, 3.8) is 0 Å². The van der Waals surface area contributed by atoms with Crippen molar-refractivity contribution in [2.75, 3.05) is 20.2 Å². The van der Waals surface area contributed by atoms with Crippen LogP contribution in [0.4, 0.5) is 0 Å². The highest BCUT2D eigenvalue weighted by Crippen LogP contribution is 2.44. The monoisotopic (exact) mass is 548 g/mol. The highest BCUT2D eigenvalue weighted by molar-refractivity contribution is 5.96. The fourth-order valence-corrected chi connectivity index (χ4v) is 6.32. The molecule has 3 aliphatic heterocycles. The summed E-state index contributed by atoms with van der Waals surface area (Å²) in [6.45, 7) is 9.37. The molecule has 0 radical (unpaired) electrons. The lowest BCUT2D eigenvalue weighted by atomic mass is 9.73. The molecule has 0 spiro atoms. The Morgan fingerprint density at radius 3 is 2.59 bits per heavy atom. The first-order valence-electron chi connectivity index (χ1n) is 13.9. The lowest BCUT2D eigenvalue weighted by molar-refractivity contribution is -0.128. The van der Waals surface area contributed by atoms with Gasteiger partial charge in [0, 0.05) is 29.8 Å². The van der Waals surface area contributed by atoms with Crippen LogP contribution in [0.5, 0.6) is 11.5 Å². The maximum atomic E-state index is 13.8. The second-order valence-electron chi connectivity index (χ2n) is 10.7. The van der Waals surface area contributed by atoms with Gasteiger partial charge in [0.1, 0.15) is 17.6 Å². The van der Waals surface area contributed by atoms with Crippen LogP contribution in [0.1, 0.15) is 34.9 Å². The summed E-state index contributed by atoms with van der Waals surface area (Å²) < 4.78 is 17.2. The number of rotatable bonds is 8. The number of carbonyl (C=O) groups is 2. The maximum absolute atomic E-state index is 13.8.